The molecule has 2 bridgehead atoms. The summed E-state index contributed by atoms with van der Waals surface area (Å²) < 4.78 is 10.3. The highest BCUT2D eigenvalue weighted by molar-refractivity contribution is 5.88. The normalized spacial score (nSPS) is 24.5. The molecule has 2 saturated heterocycles. The van der Waals surface area contributed by atoms with Gasteiger partial charge in [-0.05, 0) is 113 Å². The first-order chi connectivity index (χ1) is 29.7. The number of alkyl carbamates (subject to hydrolysis) is 2. The zero-order valence-electron chi connectivity index (χ0n) is 37.0. The van der Waals surface area contributed by atoms with E-state index >= 15 is 0 Å². The first kappa shape index (κ1) is 43.0. The topological polar surface area (TPSA) is 175 Å². The molecule has 4 atom stereocenters. The zero-order chi connectivity index (χ0) is 43.8. The number of ether oxygens (including phenoxy) is 2. The van der Waals surface area contributed by atoms with E-state index in [4.69, 9.17) is 19.4 Å². The molecule has 14 nitrogen and oxygen atoms in total. The van der Waals surface area contributed by atoms with Crippen LogP contribution in [-0.2, 0) is 29.9 Å². The lowest BCUT2D eigenvalue weighted by molar-refractivity contribution is -0.136. The molecular weight excluding hydrogens is 785 g/mol. The maximum Gasteiger partial charge on any atom is 0.408 e. The van der Waals surface area contributed by atoms with Crippen molar-refractivity contribution in [2.24, 2.45) is 5.92 Å². The molecule has 2 aromatic carbocycles. The number of fused-ring (bicyclic) bond motifs is 3. The molecule has 2 aromatic heterocycles. The van der Waals surface area contributed by atoms with E-state index in [0.29, 0.717) is 18.7 Å². The van der Waals surface area contributed by atoms with Gasteiger partial charge in [0.1, 0.15) is 29.3 Å². The molecule has 4 heterocycles. The Bertz CT molecular complexity index is 2220. The second-order valence-corrected chi connectivity index (χ2v) is 19.2. The molecule has 62 heavy (non-hydrogen) atoms. The summed E-state index contributed by atoms with van der Waals surface area (Å²) in [5.74, 6) is 1.18. The largest absolute Gasteiger partial charge is 0.453 e. The molecular formula is C48H62N8O6. The molecule has 0 unspecified atom stereocenters. The van der Waals surface area contributed by atoms with E-state index in [0.717, 1.165) is 87.1 Å². The van der Waals surface area contributed by atoms with Gasteiger partial charge < -0.3 is 39.9 Å². The highest BCUT2D eigenvalue weighted by atomic mass is 16.6. The minimum absolute atomic E-state index is 0.0254. The van der Waals surface area contributed by atoms with Gasteiger partial charge in [0.25, 0.3) is 5.91 Å². The smallest absolute Gasteiger partial charge is 0.408 e. The van der Waals surface area contributed by atoms with Gasteiger partial charge in [0.15, 0.2) is 0 Å². The number of rotatable bonds is 11. The number of methoxy groups -OCH3 is 1. The molecule has 9 rings (SSSR count). The van der Waals surface area contributed by atoms with Crippen molar-refractivity contribution in [3.8, 4) is 11.3 Å². The molecule has 3 aliphatic carbocycles. The van der Waals surface area contributed by atoms with Gasteiger partial charge in [-0.1, -0.05) is 68.4 Å². The Morgan fingerprint density at radius 3 is 1.92 bits per heavy atom. The number of aromatic nitrogens is 4. The Labute approximate surface area is 364 Å². The maximum absolute atomic E-state index is 14.3. The van der Waals surface area contributed by atoms with E-state index in [1.54, 1.807) is 20.8 Å². The molecule has 3 saturated carbocycles. The molecule has 2 aliphatic heterocycles. The van der Waals surface area contributed by atoms with Gasteiger partial charge in [-0.2, -0.15) is 0 Å². The second-order valence-electron chi connectivity index (χ2n) is 19.2. The summed E-state index contributed by atoms with van der Waals surface area (Å²) in [6.45, 7) is 10.4. The third-order valence-corrected chi connectivity index (χ3v) is 14.0. The number of benzene rings is 2. The fourth-order valence-corrected chi connectivity index (χ4v) is 10.5. The molecule has 0 radical (unpaired) electrons. The number of carbonyl (C=O) groups is 4. The number of amides is 4. The van der Waals surface area contributed by atoms with Crippen molar-refractivity contribution in [2.75, 3.05) is 20.2 Å². The van der Waals surface area contributed by atoms with Crippen molar-refractivity contribution >= 4 is 24.0 Å². The number of carbonyl (C=O) groups excluding carboxylic acids is 4. The average Bonchev–Trinajstić information content (AvgIpc) is 4.12. The summed E-state index contributed by atoms with van der Waals surface area (Å²) in [6.07, 6.45) is 12.4. The van der Waals surface area contributed by atoms with Gasteiger partial charge in [-0.3, -0.25) is 9.59 Å². The highest BCUT2D eigenvalue weighted by Gasteiger charge is 2.51. The number of H-pyrrole nitrogens is 2. The van der Waals surface area contributed by atoms with Gasteiger partial charge in [0.05, 0.1) is 31.1 Å². The summed E-state index contributed by atoms with van der Waals surface area (Å²) in [4.78, 5) is 73.5. The lowest BCUT2D eigenvalue weighted by atomic mass is 9.51. The fourth-order valence-electron chi connectivity index (χ4n) is 10.5. The van der Waals surface area contributed by atoms with Crippen molar-refractivity contribution in [1.82, 2.24) is 40.4 Å². The van der Waals surface area contributed by atoms with Crippen LogP contribution in [0.4, 0.5) is 9.59 Å². The van der Waals surface area contributed by atoms with Crippen molar-refractivity contribution in [3.63, 3.8) is 0 Å². The monoisotopic (exact) mass is 846 g/mol. The van der Waals surface area contributed by atoms with E-state index < -0.39 is 29.9 Å². The van der Waals surface area contributed by atoms with Crippen LogP contribution in [0.25, 0.3) is 11.3 Å². The van der Waals surface area contributed by atoms with Crippen LogP contribution < -0.4 is 10.6 Å². The lowest BCUT2D eigenvalue weighted by Crippen LogP contribution is -2.51. The van der Waals surface area contributed by atoms with Crippen LogP contribution >= 0.6 is 0 Å². The maximum atomic E-state index is 14.3. The first-order valence-corrected chi connectivity index (χ1v) is 22.4. The predicted octanol–water partition coefficient (Wildman–Crippen LogP) is 8.32. The molecule has 5 fully saturated rings. The molecule has 4 amide bonds. The van der Waals surface area contributed by atoms with E-state index in [2.05, 4.69) is 44.9 Å². The van der Waals surface area contributed by atoms with Crippen molar-refractivity contribution in [3.05, 3.63) is 95.5 Å². The Hall–Kier alpha value is -5.66. The Kier molecular flexibility index (Phi) is 12.0. The number of imidazole rings is 2. The minimum atomic E-state index is -0.877. The van der Waals surface area contributed by atoms with Crippen molar-refractivity contribution in [2.45, 2.75) is 139 Å². The third-order valence-electron chi connectivity index (χ3n) is 14.0. The molecule has 14 heteroatoms. The van der Waals surface area contributed by atoms with Gasteiger partial charge in [-0.25, -0.2) is 19.6 Å². The second kappa shape index (κ2) is 17.2. The van der Waals surface area contributed by atoms with Crippen LogP contribution in [0.5, 0.6) is 0 Å². The highest BCUT2D eigenvalue weighted by Crippen LogP contribution is 2.58. The third kappa shape index (κ3) is 8.57. The van der Waals surface area contributed by atoms with E-state index in [1.807, 2.05) is 66.4 Å². The van der Waals surface area contributed by atoms with Gasteiger partial charge in [0.2, 0.25) is 5.91 Å². The van der Waals surface area contributed by atoms with Crippen molar-refractivity contribution in [1.29, 1.82) is 0 Å². The molecule has 5 aliphatic rings. The van der Waals surface area contributed by atoms with Crippen LogP contribution in [0.2, 0.25) is 0 Å². The summed E-state index contributed by atoms with van der Waals surface area (Å²) in [5, 5.41) is 5.58. The van der Waals surface area contributed by atoms with Crippen LogP contribution in [0, 0.1) is 5.92 Å². The molecule has 4 aromatic rings. The van der Waals surface area contributed by atoms with Crippen LogP contribution in [-0.4, -0.2) is 85.6 Å². The number of aromatic amines is 2. The molecule has 0 spiro atoms. The quantitative estimate of drug-likeness (QED) is 0.117. The number of nitrogens with one attached hydrogen (secondary N) is 4. The van der Waals surface area contributed by atoms with Gasteiger partial charge in [-0.15, -0.1) is 0 Å². The SMILES string of the molecule is COC(=O)N[C@H](C(=O)N1CCC[C@H]1c1ncc(-c2ccc(C34CCC(c5cnc([C@@H]6CCCN6C(=O)[C@H](NC(=O)OC(C)(C)C)c6ccccc6)[nH]5)(CC3)CC4)cc2)[nH]1)C(C)C. The fraction of sp³-hybridized carbons (Fsp3) is 0.542. The first-order valence-electron chi connectivity index (χ1n) is 22.4. The minimum Gasteiger partial charge on any atom is -0.453 e. The van der Waals surface area contributed by atoms with Gasteiger partial charge >= 0.3 is 12.2 Å². The van der Waals surface area contributed by atoms with Gasteiger partial charge in [0, 0.05) is 30.4 Å². The predicted molar refractivity (Wildman–Crippen MR) is 234 cm³/mol. The van der Waals surface area contributed by atoms with E-state index in [-0.39, 0.29) is 40.6 Å². The lowest BCUT2D eigenvalue weighted by Gasteiger charge is -2.53. The number of likely N-dealkylation sites (tertiary alicyclic amines) is 2. The standard InChI is InChI=1S/C48H62N8O6/c1-30(2)38(53-44(59)61-6)42(57)55-26-10-14-35(55)40-49-28-34(51-40)31-16-18-33(19-17-31)47-20-23-48(24-21-47,25-22-47)37-29-50-41(52-37)36-15-11-27-56(36)43(58)39(32-12-8-7-9-13-32)54-45(60)62-46(3,4)5/h7-9,12-13,16-19,28-30,35-36,38-39H,10-11,14-15,20-27H2,1-6H3,(H,49,51)(H,50,52)(H,53,59)(H,54,60)/t35-,36-,38-,39+,47?,48?/m0/s1. The van der Waals surface area contributed by atoms with E-state index in [1.165, 1.54) is 18.4 Å². The Morgan fingerprint density at radius 1 is 0.742 bits per heavy atom. The summed E-state index contributed by atoms with van der Waals surface area (Å²) in [7, 11) is 1.30. The average molecular weight is 847 g/mol. The number of hydrogen-bond acceptors (Lipinski definition) is 8. The molecule has 4 N–H and O–H groups in total. The van der Waals surface area contributed by atoms with Crippen LogP contribution in [0.3, 0.4) is 0 Å². The Morgan fingerprint density at radius 2 is 1.32 bits per heavy atom. The van der Waals surface area contributed by atoms with Crippen LogP contribution in [0.15, 0.2) is 67.0 Å². The Balaban J connectivity index is 0.915. The summed E-state index contributed by atoms with van der Waals surface area (Å²) >= 11 is 0. The molecule has 330 valence electrons. The number of hydrogen-bond donors (Lipinski definition) is 4. The number of nitrogens with zero attached hydrogens (tertiary/aromatic N) is 4. The zero-order valence-corrected chi connectivity index (χ0v) is 37.0. The van der Waals surface area contributed by atoms with Crippen molar-refractivity contribution < 1.29 is 28.7 Å². The summed E-state index contributed by atoms with van der Waals surface area (Å²) in [5.41, 5.74) is 4.66. The van der Waals surface area contributed by atoms with Crippen LogP contribution in [0.1, 0.15) is 145 Å². The summed E-state index contributed by atoms with van der Waals surface area (Å²) in [6, 6.07) is 16.3. The van der Waals surface area contributed by atoms with E-state index in [9.17, 15) is 19.2 Å².